The molecule has 0 aromatic carbocycles. The van der Waals surface area contributed by atoms with Crippen LogP contribution in [-0.2, 0) is 10.1 Å². The van der Waals surface area contributed by atoms with Crippen LogP contribution in [0.2, 0.25) is 0 Å². The molecule has 0 aliphatic carbocycles. The fraction of sp³-hybridized carbons (Fsp3) is 0.333. The van der Waals surface area contributed by atoms with E-state index in [1.54, 1.807) is 0 Å². The number of carbonyl (C=O) groups is 1. The van der Waals surface area contributed by atoms with Gasteiger partial charge in [-0.2, -0.15) is 4.39 Å². The first-order valence-corrected chi connectivity index (χ1v) is 5.25. The number of hydrogen-bond acceptors (Lipinski definition) is 3. The van der Waals surface area contributed by atoms with Crippen LogP contribution in [0, 0.1) is 5.95 Å². The van der Waals surface area contributed by atoms with Gasteiger partial charge in [0.2, 0.25) is 5.95 Å². The number of ether oxygens (including phenoxy) is 1. The highest BCUT2D eigenvalue weighted by Crippen LogP contribution is 2.24. The average molecular weight is 298 g/mol. The van der Waals surface area contributed by atoms with Gasteiger partial charge < -0.3 is 4.74 Å². The van der Waals surface area contributed by atoms with Crippen molar-refractivity contribution in [2.45, 2.75) is 11.8 Å². The summed E-state index contributed by atoms with van der Waals surface area (Å²) in [4.78, 5) is 14.4. The molecule has 1 aromatic heterocycles. The van der Waals surface area contributed by atoms with Crippen LogP contribution in [-0.4, -0.2) is 18.1 Å². The van der Waals surface area contributed by atoms with E-state index in [4.69, 9.17) is 0 Å². The van der Waals surface area contributed by atoms with Crippen molar-refractivity contribution in [2.24, 2.45) is 0 Å². The molecule has 0 saturated carbocycles. The molecule has 0 bridgehead atoms. The monoisotopic (exact) mass is 297 g/mol. The van der Waals surface area contributed by atoms with E-state index in [2.05, 4.69) is 25.7 Å². The first-order valence-electron chi connectivity index (χ1n) is 4.13. The van der Waals surface area contributed by atoms with Crippen molar-refractivity contribution in [3.63, 3.8) is 0 Å². The highest BCUT2D eigenvalue weighted by molar-refractivity contribution is 9.08. The number of hydrogen-bond donors (Lipinski definition) is 0. The SMILES string of the molecule is COC(=O)c1nc(F)c(C(F)F)cc1CBr. The largest absolute Gasteiger partial charge is 0.464 e. The van der Waals surface area contributed by atoms with Crippen LogP contribution < -0.4 is 0 Å². The number of methoxy groups -OCH3 is 1. The number of halogens is 4. The van der Waals surface area contributed by atoms with Gasteiger partial charge in [-0.05, 0) is 11.6 Å². The van der Waals surface area contributed by atoms with Gasteiger partial charge in [0.1, 0.15) is 0 Å². The second-order valence-corrected chi connectivity index (χ2v) is 3.36. The fourth-order valence-electron chi connectivity index (χ4n) is 1.08. The molecule has 88 valence electrons. The molecule has 0 atom stereocenters. The summed E-state index contributed by atoms with van der Waals surface area (Å²) in [6.45, 7) is 0. The molecule has 16 heavy (non-hydrogen) atoms. The molecule has 7 heteroatoms. The number of pyridine rings is 1. The molecule has 0 radical (unpaired) electrons. The van der Waals surface area contributed by atoms with Crippen molar-refractivity contribution in [1.82, 2.24) is 4.98 Å². The molecule has 3 nitrogen and oxygen atoms in total. The third-order valence-corrected chi connectivity index (χ3v) is 2.44. The molecule has 0 amide bonds. The van der Waals surface area contributed by atoms with Crippen molar-refractivity contribution in [1.29, 1.82) is 0 Å². The zero-order valence-corrected chi connectivity index (χ0v) is 9.72. The minimum absolute atomic E-state index is 0.102. The maximum Gasteiger partial charge on any atom is 0.357 e. The Morgan fingerprint density at radius 1 is 1.62 bits per heavy atom. The minimum Gasteiger partial charge on any atom is -0.464 e. The average Bonchev–Trinajstić information content (AvgIpc) is 2.27. The van der Waals surface area contributed by atoms with Crippen LogP contribution >= 0.6 is 15.9 Å². The predicted octanol–water partition coefficient (Wildman–Crippen LogP) is 2.84. The highest BCUT2D eigenvalue weighted by Gasteiger charge is 2.21. The Balaban J connectivity index is 3.32. The lowest BCUT2D eigenvalue weighted by molar-refractivity contribution is 0.0590. The highest BCUT2D eigenvalue weighted by atomic mass is 79.9. The lowest BCUT2D eigenvalue weighted by Gasteiger charge is -2.08. The molecule has 1 rings (SSSR count). The summed E-state index contributed by atoms with van der Waals surface area (Å²) in [5.41, 5.74) is -0.980. The van der Waals surface area contributed by atoms with Gasteiger partial charge in [-0.1, -0.05) is 15.9 Å². The number of aromatic nitrogens is 1. The van der Waals surface area contributed by atoms with Crippen LogP contribution in [0.25, 0.3) is 0 Å². The van der Waals surface area contributed by atoms with Crippen LogP contribution in [0.1, 0.15) is 28.0 Å². The van der Waals surface area contributed by atoms with Gasteiger partial charge in [-0.3, -0.25) is 0 Å². The lowest BCUT2D eigenvalue weighted by Crippen LogP contribution is -2.11. The summed E-state index contributed by atoms with van der Waals surface area (Å²) in [7, 11) is 1.10. The number of esters is 1. The summed E-state index contributed by atoms with van der Waals surface area (Å²) < 4.78 is 42.2. The summed E-state index contributed by atoms with van der Waals surface area (Å²) in [6.07, 6.45) is -2.98. The molecule has 0 spiro atoms. The number of rotatable bonds is 3. The Morgan fingerprint density at radius 3 is 2.69 bits per heavy atom. The second-order valence-electron chi connectivity index (χ2n) is 2.80. The molecular formula is C9H7BrF3NO2. The molecule has 1 aromatic rings. The Kier molecular flexibility index (Phi) is 4.28. The number of carbonyl (C=O) groups excluding carboxylic acids is 1. The van der Waals surface area contributed by atoms with Crippen molar-refractivity contribution in [2.75, 3.05) is 7.11 Å². The quantitative estimate of drug-likeness (QED) is 0.489. The van der Waals surface area contributed by atoms with Crippen LogP contribution in [0.4, 0.5) is 13.2 Å². The minimum atomic E-state index is -2.98. The van der Waals surface area contributed by atoms with Gasteiger partial charge in [-0.15, -0.1) is 0 Å². The van der Waals surface area contributed by atoms with Gasteiger partial charge in [0.25, 0.3) is 6.43 Å². The van der Waals surface area contributed by atoms with Crippen LogP contribution in [0.5, 0.6) is 0 Å². The van der Waals surface area contributed by atoms with E-state index < -0.39 is 23.9 Å². The van der Waals surface area contributed by atoms with Crippen molar-refractivity contribution in [3.05, 3.63) is 28.8 Å². The maximum absolute atomic E-state index is 13.1. The summed E-state index contributed by atoms with van der Waals surface area (Å²) in [6, 6.07) is 0.897. The predicted molar refractivity (Wildman–Crippen MR) is 53.1 cm³/mol. The van der Waals surface area contributed by atoms with E-state index in [-0.39, 0.29) is 16.6 Å². The molecule has 0 N–H and O–H groups in total. The van der Waals surface area contributed by atoms with E-state index in [9.17, 15) is 18.0 Å². The molecule has 0 aliphatic heterocycles. The Labute approximate surface area is 97.8 Å². The van der Waals surface area contributed by atoms with E-state index in [0.29, 0.717) is 0 Å². The van der Waals surface area contributed by atoms with E-state index in [0.717, 1.165) is 13.2 Å². The molecule has 1 heterocycles. The van der Waals surface area contributed by atoms with Crippen molar-refractivity contribution in [3.8, 4) is 0 Å². The van der Waals surface area contributed by atoms with Gasteiger partial charge >= 0.3 is 5.97 Å². The third kappa shape index (κ3) is 2.52. The molecular weight excluding hydrogens is 291 g/mol. The normalized spacial score (nSPS) is 10.6. The lowest BCUT2D eigenvalue weighted by atomic mass is 10.1. The molecule has 0 fully saturated rings. The zero-order valence-electron chi connectivity index (χ0n) is 8.14. The van der Waals surface area contributed by atoms with Crippen LogP contribution in [0.15, 0.2) is 6.07 Å². The summed E-state index contributed by atoms with van der Waals surface area (Å²) in [5, 5.41) is 0.102. The van der Waals surface area contributed by atoms with E-state index in [1.807, 2.05) is 0 Å². The van der Waals surface area contributed by atoms with E-state index in [1.165, 1.54) is 0 Å². The first kappa shape index (κ1) is 13.0. The number of alkyl halides is 3. The standard InChI is InChI=1S/C9H7BrF3NO2/c1-16-9(15)6-4(3-10)2-5(7(11)12)8(13)14-6/h2,7H,3H2,1H3. The number of nitrogens with zero attached hydrogens (tertiary/aromatic N) is 1. The fourth-order valence-corrected chi connectivity index (χ4v) is 1.51. The van der Waals surface area contributed by atoms with Crippen molar-refractivity contribution < 1.29 is 22.7 Å². The second kappa shape index (κ2) is 5.29. The Hall–Kier alpha value is -1.11. The first-order chi connectivity index (χ1) is 7.51. The van der Waals surface area contributed by atoms with Gasteiger partial charge in [0, 0.05) is 5.33 Å². The molecule has 0 unspecified atom stereocenters. The molecule has 0 aliphatic rings. The smallest absolute Gasteiger partial charge is 0.357 e. The topological polar surface area (TPSA) is 39.2 Å². The van der Waals surface area contributed by atoms with Gasteiger partial charge in [-0.25, -0.2) is 18.6 Å². The third-order valence-electron chi connectivity index (χ3n) is 1.84. The van der Waals surface area contributed by atoms with E-state index >= 15 is 0 Å². The Bertz CT molecular complexity index is 412. The maximum atomic E-state index is 13.1. The van der Waals surface area contributed by atoms with Crippen molar-refractivity contribution >= 4 is 21.9 Å². The zero-order chi connectivity index (χ0) is 12.3. The van der Waals surface area contributed by atoms with Gasteiger partial charge in [0.15, 0.2) is 5.69 Å². The van der Waals surface area contributed by atoms with Crippen LogP contribution in [0.3, 0.4) is 0 Å². The Morgan fingerprint density at radius 2 is 2.25 bits per heavy atom. The summed E-state index contributed by atoms with van der Waals surface area (Å²) in [5.74, 6) is -2.23. The summed E-state index contributed by atoms with van der Waals surface area (Å²) >= 11 is 3.00. The van der Waals surface area contributed by atoms with Gasteiger partial charge in [0.05, 0.1) is 12.7 Å². The molecule has 0 saturated heterocycles.